The summed E-state index contributed by atoms with van der Waals surface area (Å²) in [7, 11) is 0. The lowest BCUT2D eigenvalue weighted by molar-refractivity contribution is 0.238. The SMILES string of the molecule is CCCOc1ccc(CNC(CC)CO)cc1OCC. The highest BCUT2D eigenvalue weighted by Gasteiger charge is 2.08. The van der Waals surface area contributed by atoms with Gasteiger partial charge in [-0.15, -0.1) is 0 Å². The molecule has 0 saturated heterocycles. The van der Waals surface area contributed by atoms with Crippen LogP contribution in [0.25, 0.3) is 0 Å². The molecule has 0 bridgehead atoms. The fourth-order valence-electron chi connectivity index (χ4n) is 1.86. The van der Waals surface area contributed by atoms with Crippen LogP contribution in [0.2, 0.25) is 0 Å². The molecule has 2 N–H and O–H groups in total. The van der Waals surface area contributed by atoms with Gasteiger partial charge in [-0.25, -0.2) is 0 Å². The lowest BCUT2D eigenvalue weighted by atomic mass is 10.1. The van der Waals surface area contributed by atoms with Gasteiger partial charge in [0.2, 0.25) is 0 Å². The minimum absolute atomic E-state index is 0.140. The highest BCUT2D eigenvalue weighted by Crippen LogP contribution is 2.28. The van der Waals surface area contributed by atoms with Crippen LogP contribution in [-0.2, 0) is 6.54 Å². The largest absolute Gasteiger partial charge is 0.490 e. The number of rotatable bonds is 10. The second kappa shape index (κ2) is 9.61. The number of ether oxygens (including phenoxy) is 2. The molecule has 0 heterocycles. The van der Waals surface area contributed by atoms with Crippen LogP contribution < -0.4 is 14.8 Å². The van der Waals surface area contributed by atoms with Gasteiger partial charge in [-0.1, -0.05) is 19.9 Å². The van der Waals surface area contributed by atoms with Crippen molar-refractivity contribution >= 4 is 0 Å². The number of aliphatic hydroxyl groups excluding tert-OH is 1. The lowest BCUT2D eigenvalue weighted by Gasteiger charge is -2.16. The molecule has 114 valence electrons. The van der Waals surface area contributed by atoms with Gasteiger partial charge in [0.1, 0.15) is 0 Å². The number of benzene rings is 1. The van der Waals surface area contributed by atoms with Gasteiger partial charge in [0.15, 0.2) is 11.5 Å². The number of aliphatic hydroxyl groups is 1. The summed E-state index contributed by atoms with van der Waals surface area (Å²) in [6, 6.07) is 6.13. The normalized spacial score (nSPS) is 12.2. The fourth-order valence-corrected chi connectivity index (χ4v) is 1.86. The van der Waals surface area contributed by atoms with E-state index in [1.54, 1.807) is 0 Å². The molecule has 4 heteroatoms. The number of nitrogens with one attached hydrogen (secondary N) is 1. The van der Waals surface area contributed by atoms with Crippen molar-refractivity contribution in [3.63, 3.8) is 0 Å². The third-order valence-corrected chi connectivity index (χ3v) is 3.08. The zero-order chi connectivity index (χ0) is 14.8. The molecule has 1 aromatic carbocycles. The third kappa shape index (κ3) is 5.39. The van der Waals surface area contributed by atoms with Crippen molar-refractivity contribution in [3.05, 3.63) is 23.8 Å². The standard InChI is InChI=1S/C16H27NO3/c1-4-9-20-15-8-7-13(10-16(15)19-6-3)11-17-14(5-2)12-18/h7-8,10,14,17-18H,4-6,9,11-12H2,1-3H3. The Balaban J connectivity index is 2.70. The van der Waals surface area contributed by atoms with E-state index >= 15 is 0 Å². The maximum atomic E-state index is 9.18. The van der Waals surface area contributed by atoms with E-state index in [2.05, 4.69) is 19.2 Å². The van der Waals surface area contributed by atoms with Crippen molar-refractivity contribution in [2.75, 3.05) is 19.8 Å². The maximum Gasteiger partial charge on any atom is 0.161 e. The van der Waals surface area contributed by atoms with Crippen LogP contribution in [0.1, 0.15) is 39.2 Å². The molecule has 4 nitrogen and oxygen atoms in total. The average molecular weight is 281 g/mol. The summed E-state index contributed by atoms with van der Waals surface area (Å²) in [4.78, 5) is 0. The maximum absolute atomic E-state index is 9.18. The topological polar surface area (TPSA) is 50.7 Å². The first kappa shape index (κ1) is 16.8. The summed E-state index contributed by atoms with van der Waals surface area (Å²) in [5.41, 5.74) is 1.13. The molecule has 0 radical (unpaired) electrons. The van der Waals surface area contributed by atoms with Crippen LogP contribution in [-0.4, -0.2) is 31.0 Å². The Kier molecular flexibility index (Phi) is 8.07. The van der Waals surface area contributed by atoms with Gasteiger partial charge in [-0.3, -0.25) is 0 Å². The first-order valence-corrected chi connectivity index (χ1v) is 7.47. The van der Waals surface area contributed by atoms with Crippen molar-refractivity contribution in [1.82, 2.24) is 5.32 Å². The average Bonchev–Trinajstić information content (AvgIpc) is 2.48. The molecule has 0 aromatic heterocycles. The van der Waals surface area contributed by atoms with E-state index in [1.165, 1.54) is 0 Å². The van der Waals surface area contributed by atoms with E-state index in [4.69, 9.17) is 9.47 Å². The van der Waals surface area contributed by atoms with E-state index in [1.807, 2.05) is 25.1 Å². The van der Waals surface area contributed by atoms with Gasteiger partial charge in [-0.2, -0.15) is 0 Å². The van der Waals surface area contributed by atoms with Crippen molar-refractivity contribution in [3.8, 4) is 11.5 Å². The summed E-state index contributed by atoms with van der Waals surface area (Å²) >= 11 is 0. The summed E-state index contributed by atoms with van der Waals surface area (Å²) in [6.07, 6.45) is 1.88. The Bertz CT molecular complexity index is 378. The fraction of sp³-hybridized carbons (Fsp3) is 0.625. The molecule has 20 heavy (non-hydrogen) atoms. The van der Waals surface area contributed by atoms with E-state index in [-0.39, 0.29) is 12.6 Å². The summed E-state index contributed by atoms with van der Waals surface area (Å²) < 4.78 is 11.3. The quantitative estimate of drug-likeness (QED) is 0.692. The Hall–Kier alpha value is -1.26. The van der Waals surface area contributed by atoms with Gasteiger partial charge in [0, 0.05) is 12.6 Å². The molecular formula is C16H27NO3. The minimum atomic E-state index is 0.140. The molecule has 0 amide bonds. The van der Waals surface area contributed by atoms with Crippen molar-refractivity contribution in [1.29, 1.82) is 0 Å². The second-order valence-corrected chi connectivity index (χ2v) is 4.73. The molecule has 0 aliphatic carbocycles. The molecule has 1 rings (SSSR count). The van der Waals surface area contributed by atoms with E-state index in [0.717, 1.165) is 29.9 Å². The van der Waals surface area contributed by atoms with Crippen molar-refractivity contribution < 1.29 is 14.6 Å². The van der Waals surface area contributed by atoms with Crippen LogP contribution >= 0.6 is 0 Å². The molecular weight excluding hydrogens is 254 g/mol. The molecule has 1 unspecified atom stereocenters. The third-order valence-electron chi connectivity index (χ3n) is 3.08. The van der Waals surface area contributed by atoms with Gasteiger partial charge >= 0.3 is 0 Å². The highest BCUT2D eigenvalue weighted by atomic mass is 16.5. The van der Waals surface area contributed by atoms with E-state index < -0.39 is 0 Å². The van der Waals surface area contributed by atoms with Gasteiger partial charge in [0.25, 0.3) is 0 Å². The van der Waals surface area contributed by atoms with Crippen molar-refractivity contribution in [2.24, 2.45) is 0 Å². The van der Waals surface area contributed by atoms with E-state index in [9.17, 15) is 5.11 Å². The Morgan fingerprint density at radius 1 is 1.15 bits per heavy atom. The first-order valence-electron chi connectivity index (χ1n) is 7.47. The van der Waals surface area contributed by atoms with E-state index in [0.29, 0.717) is 19.8 Å². The Morgan fingerprint density at radius 3 is 2.55 bits per heavy atom. The Labute approximate surface area is 122 Å². The monoisotopic (exact) mass is 281 g/mol. The first-order chi connectivity index (χ1) is 9.74. The van der Waals surface area contributed by atoms with Gasteiger partial charge < -0.3 is 19.9 Å². The molecule has 0 aliphatic rings. The molecule has 0 aliphatic heterocycles. The van der Waals surface area contributed by atoms with Gasteiger partial charge in [-0.05, 0) is 37.5 Å². The predicted octanol–water partition coefficient (Wildman–Crippen LogP) is 2.73. The predicted molar refractivity (Wildman–Crippen MR) is 81.4 cm³/mol. The lowest BCUT2D eigenvalue weighted by Crippen LogP contribution is -2.31. The zero-order valence-electron chi connectivity index (χ0n) is 12.8. The highest BCUT2D eigenvalue weighted by molar-refractivity contribution is 5.43. The summed E-state index contributed by atoms with van der Waals surface area (Å²) in [6.45, 7) is 8.29. The number of hydrogen-bond donors (Lipinski definition) is 2. The summed E-state index contributed by atoms with van der Waals surface area (Å²) in [5.74, 6) is 1.59. The van der Waals surface area contributed by atoms with Crippen LogP contribution in [0.3, 0.4) is 0 Å². The minimum Gasteiger partial charge on any atom is -0.490 e. The van der Waals surface area contributed by atoms with Gasteiger partial charge in [0.05, 0.1) is 19.8 Å². The molecule has 0 fully saturated rings. The van der Waals surface area contributed by atoms with Crippen molar-refractivity contribution in [2.45, 2.75) is 46.2 Å². The van der Waals surface area contributed by atoms with Crippen LogP contribution in [0.4, 0.5) is 0 Å². The molecule has 0 saturated carbocycles. The zero-order valence-corrected chi connectivity index (χ0v) is 12.8. The van der Waals surface area contributed by atoms with Crippen LogP contribution in [0, 0.1) is 0 Å². The molecule has 0 spiro atoms. The smallest absolute Gasteiger partial charge is 0.161 e. The molecule has 1 aromatic rings. The van der Waals surface area contributed by atoms with Crippen LogP contribution in [0.15, 0.2) is 18.2 Å². The second-order valence-electron chi connectivity index (χ2n) is 4.73. The summed E-state index contributed by atoms with van der Waals surface area (Å²) in [5, 5.41) is 12.5. The number of hydrogen-bond acceptors (Lipinski definition) is 4. The molecule has 1 atom stereocenters. The Morgan fingerprint density at radius 2 is 1.95 bits per heavy atom. The van der Waals surface area contributed by atoms with Crippen LogP contribution in [0.5, 0.6) is 11.5 Å².